The topological polar surface area (TPSA) is 46.2 Å². The molecule has 1 aromatic rings. The second kappa shape index (κ2) is 4.32. The Labute approximate surface area is 101 Å². The van der Waals surface area contributed by atoms with Gasteiger partial charge in [0.05, 0.1) is 0 Å². The van der Waals surface area contributed by atoms with Gasteiger partial charge in [-0.15, -0.1) is 0 Å². The molecule has 1 fully saturated rings. The third-order valence-corrected chi connectivity index (χ3v) is 3.42. The van der Waals surface area contributed by atoms with E-state index in [0.717, 1.165) is 5.56 Å². The summed E-state index contributed by atoms with van der Waals surface area (Å²) in [5.41, 5.74) is 0.866. The molecule has 0 spiro atoms. The summed E-state index contributed by atoms with van der Waals surface area (Å²) in [5.74, 6) is -0.443. The van der Waals surface area contributed by atoms with E-state index in [1.54, 1.807) is 0 Å². The first-order valence-electron chi connectivity index (χ1n) is 5.87. The first-order valence-corrected chi connectivity index (χ1v) is 5.87. The summed E-state index contributed by atoms with van der Waals surface area (Å²) >= 11 is 0. The smallest absolute Gasteiger partial charge is 0.230 e. The largest absolute Gasteiger partial charge is 0.296 e. The van der Waals surface area contributed by atoms with Crippen molar-refractivity contribution in [3.63, 3.8) is 0 Å². The van der Waals surface area contributed by atoms with Gasteiger partial charge in [-0.25, -0.2) is 0 Å². The third-order valence-electron chi connectivity index (χ3n) is 3.42. The van der Waals surface area contributed by atoms with Crippen molar-refractivity contribution in [2.75, 3.05) is 0 Å². The first-order chi connectivity index (χ1) is 7.99. The Morgan fingerprint density at radius 2 is 1.88 bits per heavy atom. The van der Waals surface area contributed by atoms with Gasteiger partial charge in [0.25, 0.3) is 0 Å². The molecule has 3 nitrogen and oxygen atoms in total. The lowest BCUT2D eigenvalue weighted by Gasteiger charge is -2.36. The highest BCUT2D eigenvalue weighted by Crippen LogP contribution is 2.36. The molecular weight excluding hydrogens is 214 g/mol. The van der Waals surface area contributed by atoms with Crippen LogP contribution in [-0.2, 0) is 16.0 Å². The minimum atomic E-state index is -0.269. The summed E-state index contributed by atoms with van der Waals surface area (Å²) in [7, 11) is 0. The Hall–Kier alpha value is -1.64. The van der Waals surface area contributed by atoms with E-state index in [-0.39, 0.29) is 23.1 Å². The van der Waals surface area contributed by atoms with Crippen LogP contribution in [0.25, 0.3) is 0 Å². The number of nitrogens with one attached hydrogen (secondary N) is 1. The van der Waals surface area contributed by atoms with Crippen LogP contribution in [-0.4, -0.2) is 11.8 Å². The molecule has 1 aliphatic heterocycles. The molecule has 2 rings (SSSR count). The van der Waals surface area contributed by atoms with Gasteiger partial charge >= 0.3 is 0 Å². The van der Waals surface area contributed by atoms with E-state index in [1.165, 1.54) is 0 Å². The number of piperidine rings is 1. The van der Waals surface area contributed by atoms with Crippen LogP contribution in [0.5, 0.6) is 0 Å². The van der Waals surface area contributed by atoms with Gasteiger partial charge in [-0.2, -0.15) is 0 Å². The van der Waals surface area contributed by atoms with E-state index >= 15 is 0 Å². The zero-order valence-corrected chi connectivity index (χ0v) is 10.2. The molecule has 1 heterocycles. The second-order valence-corrected chi connectivity index (χ2v) is 5.32. The van der Waals surface area contributed by atoms with E-state index in [0.29, 0.717) is 12.8 Å². The fourth-order valence-corrected chi connectivity index (χ4v) is 2.38. The van der Waals surface area contributed by atoms with Crippen molar-refractivity contribution in [2.45, 2.75) is 26.7 Å². The predicted octanol–water partition coefficient (Wildman–Crippen LogP) is 1.92. The Kier molecular flexibility index (Phi) is 3.01. The standard InChI is InChI=1S/C14H17NO2/c1-14(2)9-12(16)15-13(17)11(14)8-10-6-4-3-5-7-10/h3-7,11H,8-9H2,1-2H3,(H,15,16,17). The summed E-state index contributed by atoms with van der Waals surface area (Å²) in [6, 6.07) is 9.92. The van der Waals surface area contributed by atoms with Crippen LogP contribution in [0.15, 0.2) is 30.3 Å². The number of amides is 2. The summed E-state index contributed by atoms with van der Waals surface area (Å²) in [5, 5.41) is 2.43. The summed E-state index contributed by atoms with van der Waals surface area (Å²) in [6.45, 7) is 3.97. The highest BCUT2D eigenvalue weighted by molar-refractivity contribution is 5.99. The van der Waals surface area contributed by atoms with Crippen molar-refractivity contribution in [2.24, 2.45) is 11.3 Å². The molecule has 17 heavy (non-hydrogen) atoms. The summed E-state index contributed by atoms with van der Waals surface area (Å²) in [4.78, 5) is 23.2. The van der Waals surface area contributed by atoms with Crippen LogP contribution in [0.3, 0.4) is 0 Å². The van der Waals surface area contributed by atoms with E-state index in [2.05, 4.69) is 5.32 Å². The maximum absolute atomic E-state index is 11.9. The molecule has 1 aliphatic rings. The molecule has 0 saturated carbocycles. The average molecular weight is 231 g/mol. The lowest BCUT2D eigenvalue weighted by molar-refractivity contribution is -0.142. The molecular formula is C14H17NO2. The summed E-state index contributed by atoms with van der Waals surface area (Å²) in [6.07, 6.45) is 1.10. The van der Waals surface area contributed by atoms with Crippen LogP contribution in [0.1, 0.15) is 25.8 Å². The predicted molar refractivity (Wildman–Crippen MR) is 65.2 cm³/mol. The van der Waals surface area contributed by atoms with Gasteiger partial charge in [-0.3, -0.25) is 14.9 Å². The third kappa shape index (κ3) is 2.54. The van der Waals surface area contributed by atoms with Gasteiger partial charge < -0.3 is 0 Å². The molecule has 0 aromatic heterocycles. The molecule has 1 saturated heterocycles. The summed E-state index contributed by atoms with van der Waals surface area (Å²) < 4.78 is 0. The van der Waals surface area contributed by atoms with Crippen molar-refractivity contribution in [3.05, 3.63) is 35.9 Å². The molecule has 1 N–H and O–H groups in total. The van der Waals surface area contributed by atoms with Crippen LogP contribution >= 0.6 is 0 Å². The van der Waals surface area contributed by atoms with Crippen LogP contribution < -0.4 is 5.32 Å². The Morgan fingerprint density at radius 3 is 2.47 bits per heavy atom. The zero-order valence-electron chi connectivity index (χ0n) is 10.2. The number of hydrogen-bond donors (Lipinski definition) is 1. The Bertz CT molecular complexity index is 437. The lowest BCUT2D eigenvalue weighted by atomic mass is 9.70. The van der Waals surface area contributed by atoms with Crippen molar-refractivity contribution in [1.82, 2.24) is 5.32 Å². The number of hydrogen-bond acceptors (Lipinski definition) is 2. The number of carbonyl (C=O) groups excluding carboxylic acids is 2. The molecule has 0 aliphatic carbocycles. The van der Waals surface area contributed by atoms with Gasteiger partial charge in [-0.05, 0) is 17.4 Å². The number of imide groups is 1. The van der Waals surface area contributed by atoms with E-state index in [1.807, 2.05) is 44.2 Å². The molecule has 3 heteroatoms. The van der Waals surface area contributed by atoms with Crippen molar-refractivity contribution in [1.29, 1.82) is 0 Å². The van der Waals surface area contributed by atoms with Gasteiger partial charge in [0, 0.05) is 12.3 Å². The van der Waals surface area contributed by atoms with E-state index in [4.69, 9.17) is 0 Å². The Balaban J connectivity index is 2.19. The zero-order chi connectivity index (χ0) is 12.5. The van der Waals surface area contributed by atoms with E-state index < -0.39 is 0 Å². The lowest BCUT2D eigenvalue weighted by Crippen LogP contribution is -2.50. The molecule has 0 radical (unpaired) electrons. The first kappa shape index (κ1) is 11.8. The van der Waals surface area contributed by atoms with E-state index in [9.17, 15) is 9.59 Å². The molecule has 0 bridgehead atoms. The van der Waals surface area contributed by atoms with Gasteiger partial charge in [0.1, 0.15) is 0 Å². The van der Waals surface area contributed by atoms with Crippen LogP contribution in [0, 0.1) is 11.3 Å². The van der Waals surface area contributed by atoms with Gasteiger partial charge in [0.15, 0.2) is 0 Å². The quantitative estimate of drug-likeness (QED) is 0.790. The molecule has 1 aromatic carbocycles. The van der Waals surface area contributed by atoms with Crippen molar-refractivity contribution in [3.8, 4) is 0 Å². The monoisotopic (exact) mass is 231 g/mol. The maximum atomic E-state index is 11.9. The van der Waals surface area contributed by atoms with Crippen LogP contribution in [0.2, 0.25) is 0 Å². The minimum Gasteiger partial charge on any atom is -0.296 e. The maximum Gasteiger partial charge on any atom is 0.230 e. The minimum absolute atomic E-state index is 0.136. The van der Waals surface area contributed by atoms with Crippen molar-refractivity contribution < 1.29 is 9.59 Å². The number of benzene rings is 1. The SMILES string of the molecule is CC1(C)CC(=O)NC(=O)C1Cc1ccccc1. The molecule has 1 atom stereocenters. The molecule has 90 valence electrons. The second-order valence-electron chi connectivity index (χ2n) is 5.32. The molecule has 1 unspecified atom stereocenters. The Morgan fingerprint density at radius 1 is 1.24 bits per heavy atom. The van der Waals surface area contributed by atoms with Gasteiger partial charge in [-0.1, -0.05) is 44.2 Å². The average Bonchev–Trinajstić information content (AvgIpc) is 2.24. The fraction of sp³-hybridized carbons (Fsp3) is 0.429. The normalized spacial score (nSPS) is 23.3. The highest BCUT2D eigenvalue weighted by atomic mass is 16.2. The molecule has 2 amide bonds. The highest BCUT2D eigenvalue weighted by Gasteiger charge is 2.41. The fourth-order valence-electron chi connectivity index (χ4n) is 2.38. The van der Waals surface area contributed by atoms with Crippen LogP contribution in [0.4, 0.5) is 0 Å². The van der Waals surface area contributed by atoms with Crippen molar-refractivity contribution >= 4 is 11.8 Å². The number of rotatable bonds is 2. The number of carbonyl (C=O) groups is 2. The van der Waals surface area contributed by atoms with Gasteiger partial charge in [0.2, 0.25) is 11.8 Å².